The van der Waals surface area contributed by atoms with Gasteiger partial charge in [-0.1, -0.05) is 39.0 Å². The fourth-order valence-corrected chi connectivity index (χ4v) is 4.43. The Bertz CT molecular complexity index is 970. The van der Waals surface area contributed by atoms with Gasteiger partial charge in [0.15, 0.2) is 0 Å². The number of nitriles is 1. The fraction of sp³-hybridized carbons (Fsp3) is 0.476. The second-order valence-electron chi connectivity index (χ2n) is 8.33. The zero-order valence-corrected chi connectivity index (χ0v) is 18.2. The normalized spacial score (nSPS) is 17.4. The number of aromatic nitrogens is 2. The standard InChI is InChI=1S/C21H26BrN5O/c1-21(2,3)18-17(22)19(28)27(12-15-8-5-4-7-14(15)11-23)20(25-18)26-10-6-9-16(24)13-26/h4-5,7-8,16H,6,9-10,12-13,24H2,1-3H3/t16-/m1/s1. The van der Waals surface area contributed by atoms with E-state index in [9.17, 15) is 10.1 Å². The van der Waals surface area contributed by atoms with Crippen molar-refractivity contribution in [1.29, 1.82) is 5.26 Å². The molecule has 7 heteroatoms. The molecule has 0 bridgehead atoms. The largest absolute Gasteiger partial charge is 0.341 e. The molecule has 0 unspecified atom stereocenters. The van der Waals surface area contributed by atoms with Gasteiger partial charge in [-0.2, -0.15) is 5.26 Å². The maximum Gasteiger partial charge on any atom is 0.269 e. The van der Waals surface area contributed by atoms with Gasteiger partial charge in [0.1, 0.15) is 4.47 Å². The first-order valence-corrected chi connectivity index (χ1v) is 10.3. The van der Waals surface area contributed by atoms with E-state index in [2.05, 4.69) is 26.9 Å². The van der Waals surface area contributed by atoms with Crippen molar-refractivity contribution in [3.05, 3.63) is 55.9 Å². The Morgan fingerprint density at radius 2 is 2.07 bits per heavy atom. The highest BCUT2D eigenvalue weighted by atomic mass is 79.9. The van der Waals surface area contributed by atoms with Crippen LogP contribution < -0.4 is 16.2 Å². The van der Waals surface area contributed by atoms with Gasteiger partial charge in [-0.25, -0.2) is 4.98 Å². The van der Waals surface area contributed by atoms with Crippen LogP contribution in [0.3, 0.4) is 0 Å². The number of hydrogen-bond acceptors (Lipinski definition) is 5. The van der Waals surface area contributed by atoms with Crippen molar-refractivity contribution in [2.45, 2.75) is 51.6 Å². The first kappa shape index (κ1) is 20.6. The van der Waals surface area contributed by atoms with Gasteiger partial charge < -0.3 is 10.6 Å². The highest BCUT2D eigenvalue weighted by Gasteiger charge is 2.28. The Kier molecular flexibility index (Phi) is 5.92. The maximum absolute atomic E-state index is 13.3. The number of piperidine rings is 1. The third-order valence-electron chi connectivity index (χ3n) is 5.01. The van der Waals surface area contributed by atoms with Gasteiger partial charge in [0.25, 0.3) is 5.56 Å². The zero-order chi connectivity index (χ0) is 20.5. The van der Waals surface area contributed by atoms with Crippen LogP contribution in [0, 0.1) is 11.3 Å². The van der Waals surface area contributed by atoms with E-state index in [0.717, 1.165) is 30.6 Å². The minimum atomic E-state index is -0.283. The number of halogens is 1. The molecule has 1 aromatic carbocycles. The van der Waals surface area contributed by atoms with E-state index >= 15 is 0 Å². The van der Waals surface area contributed by atoms with E-state index in [4.69, 9.17) is 10.7 Å². The van der Waals surface area contributed by atoms with E-state index in [-0.39, 0.29) is 17.0 Å². The minimum absolute atomic E-state index is 0.0623. The van der Waals surface area contributed by atoms with Gasteiger partial charge in [-0.15, -0.1) is 0 Å². The molecule has 0 amide bonds. The molecule has 0 radical (unpaired) electrons. The van der Waals surface area contributed by atoms with Crippen LogP contribution in [-0.4, -0.2) is 28.7 Å². The number of rotatable bonds is 3. The average molecular weight is 444 g/mol. The molecule has 28 heavy (non-hydrogen) atoms. The van der Waals surface area contributed by atoms with Gasteiger partial charge in [-0.05, 0) is 40.4 Å². The van der Waals surface area contributed by atoms with Crippen LogP contribution in [-0.2, 0) is 12.0 Å². The predicted octanol–water partition coefficient (Wildman–Crippen LogP) is 3.15. The van der Waals surface area contributed by atoms with Gasteiger partial charge in [-0.3, -0.25) is 9.36 Å². The van der Waals surface area contributed by atoms with Gasteiger partial charge >= 0.3 is 0 Å². The third-order valence-corrected chi connectivity index (χ3v) is 5.73. The van der Waals surface area contributed by atoms with Crippen molar-refractivity contribution in [3.63, 3.8) is 0 Å². The summed E-state index contributed by atoms with van der Waals surface area (Å²) in [7, 11) is 0. The smallest absolute Gasteiger partial charge is 0.269 e. The Balaban J connectivity index is 2.18. The van der Waals surface area contributed by atoms with E-state index in [1.807, 2.05) is 39.0 Å². The number of anilines is 1. The summed E-state index contributed by atoms with van der Waals surface area (Å²) in [5.74, 6) is 0.626. The molecular formula is C21H26BrN5O. The van der Waals surface area contributed by atoms with Crippen LogP contribution in [0.1, 0.15) is 50.4 Å². The lowest BCUT2D eigenvalue weighted by atomic mass is 9.92. The lowest BCUT2D eigenvalue weighted by Crippen LogP contribution is -2.46. The molecule has 0 aliphatic carbocycles. The summed E-state index contributed by atoms with van der Waals surface area (Å²) in [5, 5.41) is 9.43. The summed E-state index contributed by atoms with van der Waals surface area (Å²) in [5.41, 5.74) is 7.87. The molecule has 1 saturated heterocycles. The lowest BCUT2D eigenvalue weighted by molar-refractivity contribution is 0.484. The molecule has 3 rings (SSSR count). The Morgan fingerprint density at radius 3 is 2.71 bits per heavy atom. The SMILES string of the molecule is CC(C)(C)c1nc(N2CCC[C@@H](N)C2)n(Cc2ccccc2C#N)c(=O)c1Br. The Hall–Kier alpha value is -2.17. The van der Waals surface area contributed by atoms with Crippen molar-refractivity contribution in [1.82, 2.24) is 9.55 Å². The molecule has 0 spiro atoms. The molecule has 1 fully saturated rings. The second kappa shape index (κ2) is 8.06. The molecule has 1 aromatic heterocycles. The van der Waals surface area contributed by atoms with Crippen LogP contribution in [0.25, 0.3) is 0 Å². The van der Waals surface area contributed by atoms with E-state index in [1.54, 1.807) is 10.6 Å². The van der Waals surface area contributed by atoms with Gasteiger partial charge in [0, 0.05) is 24.5 Å². The quantitative estimate of drug-likeness (QED) is 0.786. The van der Waals surface area contributed by atoms with Crippen LogP contribution in [0.4, 0.5) is 5.95 Å². The molecule has 2 aromatic rings. The zero-order valence-electron chi connectivity index (χ0n) is 16.6. The van der Waals surface area contributed by atoms with Crippen molar-refractivity contribution in [2.75, 3.05) is 18.0 Å². The molecule has 2 heterocycles. The molecule has 6 nitrogen and oxygen atoms in total. The lowest BCUT2D eigenvalue weighted by Gasteiger charge is -2.34. The minimum Gasteiger partial charge on any atom is -0.341 e. The highest BCUT2D eigenvalue weighted by Crippen LogP contribution is 2.29. The summed E-state index contributed by atoms with van der Waals surface area (Å²) in [4.78, 5) is 20.3. The first-order chi connectivity index (χ1) is 13.2. The summed E-state index contributed by atoms with van der Waals surface area (Å²) in [6.07, 6.45) is 1.94. The van der Waals surface area contributed by atoms with Crippen molar-refractivity contribution in [3.8, 4) is 6.07 Å². The summed E-state index contributed by atoms with van der Waals surface area (Å²) in [6.45, 7) is 7.89. The van der Waals surface area contributed by atoms with Crippen LogP contribution in [0.15, 0.2) is 33.5 Å². The average Bonchev–Trinajstić information content (AvgIpc) is 2.65. The second-order valence-corrected chi connectivity index (χ2v) is 9.13. The number of hydrogen-bond donors (Lipinski definition) is 1. The molecule has 2 N–H and O–H groups in total. The molecular weight excluding hydrogens is 418 g/mol. The third kappa shape index (κ3) is 4.13. The molecule has 1 aliphatic rings. The number of nitrogens with two attached hydrogens (primary N) is 1. The van der Waals surface area contributed by atoms with E-state index in [1.165, 1.54) is 0 Å². The van der Waals surface area contributed by atoms with Crippen molar-refractivity contribution in [2.24, 2.45) is 5.73 Å². The molecule has 0 saturated carbocycles. The van der Waals surface area contributed by atoms with Crippen molar-refractivity contribution >= 4 is 21.9 Å². The van der Waals surface area contributed by atoms with Crippen LogP contribution >= 0.6 is 15.9 Å². The van der Waals surface area contributed by atoms with Crippen LogP contribution in [0.2, 0.25) is 0 Å². The van der Waals surface area contributed by atoms with E-state index < -0.39 is 0 Å². The molecule has 1 aliphatic heterocycles. The fourth-order valence-electron chi connectivity index (χ4n) is 3.53. The summed E-state index contributed by atoms with van der Waals surface area (Å²) < 4.78 is 2.13. The molecule has 148 valence electrons. The predicted molar refractivity (Wildman–Crippen MR) is 115 cm³/mol. The van der Waals surface area contributed by atoms with Crippen LogP contribution in [0.5, 0.6) is 0 Å². The highest BCUT2D eigenvalue weighted by molar-refractivity contribution is 9.10. The summed E-state index contributed by atoms with van der Waals surface area (Å²) >= 11 is 3.48. The molecule has 1 atom stereocenters. The Labute approximate surface area is 174 Å². The van der Waals surface area contributed by atoms with Crippen molar-refractivity contribution < 1.29 is 0 Å². The topological polar surface area (TPSA) is 87.9 Å². The summed E-state index contributed by atoms with van der Waals surface area (Å²) in [6, 6.07) is 9.62. The number of benzene rings is 1. The van der Waals surface area contributed by atoms with Gasteiger partial charge in [0.2, 0.25) is 5.95 Å². The maximum atomic E-state index is 13.3. The van der Waals surface area contributed by atoms with Gasteiger partial charge in [0.05, 0.1) is 23.9 Å². The number of nitrogens with zero attached hydrogens (tertiary/aromatic N) is 4. The van der Waals surface area contributed by atoms with E-state index in [0.29, 0.717) is 29.1 Å². The Morgan fingerprint density at radius 1 is 1.36 bits per heavy atom. The first-order valence-electron chi connectivity index (χ1n) is 9.51. The monoisotopic (exact) mass is 443 g/mol.